The maximum absolute atomic E-state index is 12.8. The molecule has 0 radical (unpaired) electrons. The van der Waals surface area contributed by atoms with Crippen LogP contribution in [0.15, 0.2) is 35.3 Å². The molecular weight excluding hydrogens is 406 g/mol. The van der Waals surface area contributed by atoms with E-state index in [1.165, 1.54) is 6.92 Å². The summed E-state index contributed by atoms with van der Waals surface area (Å²) in [6, 6.07) is 7.52. The van der Waals surface area contributed by atoms with E-state index in [4.69, 9.17) is 14.6 Å². The van der Waals surface area contributed by atoms with Crippen LogP contribution < -0.4 is 10.2 Å². The molecule has 1 fully saturated rings. The Bertz CT molecular complexity index is 1260. The van der Waals surface area contributed by atoms with Crippen molar-refractivity contribution in [1.29, 1.82) is 0 Å². The Labute approximate surface area is 186 Å². The number of carbonyl (C=O) groups is 1. The Morgan fingerprint density at radius 2 is 2.12 bits per heavy atom. The number of aromatic nitrogens is 3. The van der Waals surface area contributed by atoms with Crippen LogP contribution in [0.2, 0.25) is 0 Å². The highest BCUT2D eigenvalue weighted by Crippen LogP contribution is 2.43. The molecule has 0 bridgehead atoms. The molecule has 5 rings (SSSR count). The van der Waals surface area contributed by atoms with Gasteiger partial charge in [-0.2, -0.15) is 5.10 Å². The molecule has 32 heavy (non-hydrogen) atoms. The SMILES string of the molecule is CC(=O)c1cn2c(cc1=O)-c1c3cccc(OCC4CCCO4)c3nn1CC2C(C)(C)C. The fourth-order valence-electron chi connectivity index (χ4n) is 4.81. The molecule has 2 aliphatic rings. The van der Waals surface area contributed by atoms with Gasteiger partial charge in [-0.15, -0.1) is 0 Å². The number of pyridine rings is 1. The van der Waals surface area contributed by atoms with E-state index >= 15 is 0 Å². The molecule has 0 aliphatic carbocycles. The molecule has 2 unspecified atom stereocenters. The number of nitrogens with zero attached hydrogens (tertiary/aromatic N) is 3. The highest BCUT2D eigenvalue weighted by atomic mass is 16.5. The van der Waals surface area contributed by atoms with Crippen LogP contribution in [0, 0.1) is 5.41 Å². The molecule has 3 aromatic rings. The summed E-state index contributed by atoms with van der Waals surface area (Å²) in [5.41, 5.74) is 2.31. The van der Waals surface area contributed by atoms with Crippen LogP contribution in [0.5, 0.6) is 5.75 Å². The highest BCUT2D eigenvalue weighted by molar-refractivity contribution is 5.97. The van der Waals surface area contributed by atoms with E-state index in [-0.39, 0.29) is 34.3 Å². The van der Waals surface area contributed by atoms with Crippen LogP contribution >= 0.6 is 0 Å². The predicted octanol–water partition coefficient (Wildman–Crippen LogP) is 4.23. The molecule has 0 saturated carbocycles. The molecule has 2 aromatic heterocycles. The smallest absolute Gasteiger partial charge is 0.193 e. The Kier molecular flexibility index (Phi) is 4.97. The average molecular weight is 436 g/mol. The second-order valence-electron chi connectivity index (χ2n) is 9.91. The van der Waals surface area contributed by atoms with Gasteiger partial charge in [-0.3, -0.25) is 14.3 Å². The third-order valence-electron chi connectivity index (χ3n) is 6.56. The largest absolute Gasteiger partial charge is 0.489 e. The maximum atomic E-state index is 12.8. The quantitative estimate of drug-likeness (QED) is 0.574. The van der Waals surface area contributed by atoms with E-state index in [2.05, 4.69) is 25.3 Å². The first kappa shape index (κ1) is 20.9. The van der Waals surface area contributed by atoms with Crippen LogP contribution in [0.1, 0.15) is 56.9 Å². The minimum atomic E-state index is -0.259. The van der Waals surface area contributed by atoms with E-state index in [9.17, 15) is 9.59 Å². The summed E-state index contributed by atoms with van der Waals surface area (Å²) in [6.07, 6.45) is 3.93. The van der Waals surface area contributed by atoms with Gasteiger partial charge < -0.3 is 14.0 Å². The van der Waals surface area contributed by atoms with Gasteiger partial charge in [-0.05, 0) is 31.2 Å². The van der Waals surface area contributed by atoms with Gasteiger partial charge in [0.15, 0.2) is 11.2 Å². The first-order valence-electron chi connectivity index (χ1n) is 11.3. The second kappa shape index (κ2) is 7.59. The third-order valence-corrected chi connectivity index (χ3v) is 6.56. The van der Waals surface area contributed by atoms with Crippen molar-refractivity contribution >= 4 is 16.7 Å². The molecule has 4 heterocycles. The normalized spacial score (nSPS) is 20.2. The average Bonchev–Trinajstić information content (AvgIpc) is 3.38. The van der Waals surface area contributed by atoms with Gasteiger partial charge in [0.25, 0.3) is 0 Å². The first-order valence-corrected chi connectivity index (χ1v) is 11.3. The van der Waals surface area contributed by atoms with Gasteiger partial charge in [-0.25, -0.2) is 0 Å². The van der Waals surface area contributed by atoms with Crippen LogP contribution in [0.25, 0.3) is 22.3 Å². The van der Waals surface area contributed by atoms with E-state index in [1.807, 2.05) is 22.9 Å². The molecule has 0 amide bonds. The minimum Gasteiger partial charge on any atom is -0.489 e. The summed E-state index contributed by atoms with van der Waals surface area (Å²) in [5, 5.41) is 5.85. The fraction of sp³-hybridized carbons (Fsp3) is 0.480. The fourth-order valence-corrected chi connectivity index (χ4v) is 4.81. The number of Topliss-reactive ketones (excluding diaryl/α,β-unsaturated/α-hetero) is 1. The van der Waals surface area contributed by atoms with Crippen molar-refractivity contribution in [3.05, 3.63) is 46.2 Å². The molecular formula is C25H29N3O4. The molecule has 168 valence electrons. The van der Waals surface area contributed by atoms with Crippen LogP contribution in [-0.2, 0) is 11.3 Å². The molecule has 7 heteroatoms. The Balaban J connectivity index is 1.66. The van der Waals surface area contributed by atoms with E-state index in [1.54, 1.807) is 12.3 Å². The molecule has 7 nitrogen and oxygen atoms in total. The molecule has 1 saturated heterocycles. The van der Waals surface area contributed by atoms with Gasteiger partial charge in [0, 0.05) is 24.3 Å². The number of hydrogen-bond donors (Lipinski definition) is 0. The lowest BCUT2D eigenvalue weighted by molar-refractivity contribution is 0.0684. The van der Waals surface area contributed by atoms with Gasteiger partial charge in [0.1, 0.15) is 17.9 Å². The summed E-state index contributed by atoms with van der Waals surface area (Å²) >= 11 is 0. The standard InChI is InChI=1S/C25H29N3O4/c1-15(29)18-12-27-19(11-20(18)30)24-17-8-5-9-21(32-14-16-7-6-10-31-16)23(17)26-28(24)13-22(27)25(2,3)4/h5,8-9,11-12,16,22H,6-7,10,13-14H2,1-4H3. The number of rotatable bonds is 4. The second-order valence-corrected chi connectivity index (χ2v) is 9.91. The molecule has 0 spiro atoms. The van der Waals surface area contributed by atoms with Crippen molar-refractivity contribution in [2.75, 3.05) is 13.2 Å². The lowest BCUT2D eigenvalue weighted by Gasteiger charge is -2.38. The van der Waals surface area contributed by atoms with Crippen LogP contribution in [0.3, 0.4) is 0 Å². The lowest BCUT2D eigenvalue weighted by atomic mass is 9.84. The Morgan fingerprint density at radius 1 is 1.31 bits per heavy atom. The van der Waals surface area contributed by atoms with Gasteiger partial charge in [-0.1, -0.05) is 32.9 Å². The summed E-state index contributed by atoms with van der Waals surface area (Å²) in [5.74, 6) is 0.508. The van der Waals surface area contributed by atoms with Gasteiger partial charge >= 0.3 is 0 Å². The highest BCUT2D eigenvalue weighted by Gasteiger charge is 2.35. The van der Waals surface area contributed by atoms with Crippen molar-refractivity contribution in [2.24, 2.45) is 5.41 Å². The lowest BCUT2D eigenvalue weighted by Crippen LogP contribution is -2.35. The van der Waals surface area contributed by atoms with E-state index in [0.717, 1.165) is 47.5 Å². The van der Waals surface area contributed by atoms with E-state index < -0.39 is 0 Å². The number of carbonyl (C=O) groups excluding carboxylic acids is 1. The topological polar surface area (TPSA) is 75.3 Å². The number of fused-ring (bicyclic) bond motifs is 5. The van der Waals surface area contributed by atoms with Crippen LogP contribution in [-0.4, -0.2) is 39.4 Å². The van der Waals surface area contributed by atoms with Crippen molar-refractivity contribution in [2.45, 2.75) is 59.2 Å². The monoisotopic (exact) mass is 435 g/mol. The van der Waals surface area contributed by atoms with Crippen molar-refractivity contribution in [3.8, 4) is 17.1 Å². The molecule has 2 aliphatic heterocycles. The number of ether oxygens (including phenoxy) is 2. The zero-order valence-corrected chi connectivity index (χ0v) is 19.1. The summed E-state index contributed by atoms with van der Waals surface area (Å²) < 4.78 is 15.9. The minimum absolute atomic E-state index is 0.0364. The summed E-state index contributed by atoms with van der Waals surface area (Å²) in [7, 11) is 0. The molecule has 0 N–H and O–H groups in total. The molecule has 1 aromatic carbocycles. The zero-order chi connectivity index (χ0) is 22.6. The third kappa shape index (κ3) is 3.45. The summed E-state index contributed by atoms with van der Waals surface area (Å²) in [6.45, 7) is 9.87. The zero-order valence-electron chi connectivity index (χ0n) is 19.1. The predicted molar refractivity (Wildman–Crippen MR) is 122 cm³/mol. The Hall–Kier alpha value is -2.93. The van der Waals surface area contributed by atoms with Crippen molar-refractivity contribution in [3.63, 3.8) is 0 Å². The number of ketones is 1. The van der Waals surface area contributed by atoms with Gasteiger partial charge in [0.05, 0.1) is 35.6 Å². The molecule has 2 atom stereocenters. The van der Waals surface area contributed by atoms with Crippen LogP contribution in [0.4, 0.5) is 0 Å². The number of benzene rings is 1. The van der Waals surface area contributed by atoms with Crippen molar-refractivity contribution < 1.29 is 14.3 Å². The maximum Gasteiger partial charge on any atom is 0.193 e. The van der Waals surface area contributed by atoms with Gasteiger partial charge in [0.2, 0.25) is 0 Å². The van der Waals surface area contributed by atoms with E-state index in [0.29, 0.717) is 13.2 Å². The Morgan fingerprint density at radius 3 is 2.81 bits per heavy atom. The summed E-state index contributed by atoms with van der Waals surface area (Å²) in [4.78, 5) is 24.9. The first-order chi connectivity index (χ1) is 15.2. The number of hydrogen-bond acceptors (Lipinski definition) is 5. The van der Waals surface area contributed by atoms with Crippen molar-refractivity contribution in [1.82, 2.24) is 14.3 Å².